The summed E-state index contributed by atoms with van der Waals surface area (Å²) in [5, 5.41) is 5.01. The maximum Gasteiger partial charge on any atom is 0.229 e. The third-order valence-electron chi connectivity index (χ3n) is 5.18. The first kappa shape index (κ1) is 13.7. The van der Waals surface area contributed by atoms with Crippen LogP contribution in [0.25, 0.3) is 11.0 Å². The largest absolute Gasteiger partial charge is 0.356 e. The van der Waals surface area contributed by atoms with Crippen LogP contribution in [-0.4, -0.2) is 32.0 Å². The number of aromatic nitrogens is 3. The summed E-state index contributed by atoms with van der Waals surface area (Å²) in [6.45, 7) is 0. The topological polar surface area (TPSA) is 72.1 Å². The highest BCUT2D eigenvalue weighted by atomic mass is 16.5. The van der Waals surface area contributed by atoms with Crippen molar-refractivity contribution in [2.75, 3.05) is 0 Å². The molecule has 2 atom stereocenters. The predicted octanol–water partition coefficient (Wildman–Crippen LogP) is 2.45. The molecule has 0 spiro atoms. The first-order valence-electron chi connectivity index (χ1n) is 8.24. The molecule has 3 aromatic rings. The van der Waals surface area contributed by atoms with Gasteiger partial charge in [0.05, 0.1) is 18.2 Å². The SMILES string of the molecule is O=C(Cc1noc2ccccc12)N1[C@H]2CC[C@H]1c1cncnc1C2. The number of fused-ring (bicyclic) bond motifs is 5. The molecular formula is C18H16N4O2. The van der Waals surface area contributed by atoms with Gasteiger partial charge in [-0.3, -0.25) is 4.79 Å². The number of carbonyl (C=O) groups is 1. The molecule has 2 bridgehead atoms. The van der Waals surface area contributed by atoms with Crippen LogP contribution in [0.2, 0.25) is 0 Å². The number of amides is 1. The van der Waals surface area contributed by atoms with E-state index >= 15 is 0 Å². The minimum absolute atomic E-state index is 0.102. The Labute approximate surface area is 138 Å². The van der Waals surface area contributed by atoms with E-state index in [0.717, 1.165) is 41.5 Å². The van der Waals surface area contributed by atoms with Crippen molar-refractivity contribution in [1.29, 1.82) is 0 Å². The number of hydrogen-bond acceptors (Lipinski definition) is 5. The molecule has 1 aromatic carbocycles. The van der Waals surface area contributed by atoms with Crippen LogP contribution in [0, 0.1) is 0 Å². The Morgan fingerprint density at radius 2 is 2.21 bits per heavy atom. The average Bonchev–Trinajstić information content (AvgIpc) is 3.16. The maximum absolute atomic E-state index is 13.0. The van der Waals surface area contributed by atoms with Crippen molar-refractivity contribution in [1.82, 2.24) is 20.0 Å². The van der Waals surface area contributed by atoms with Crippen LogP contribution in [-0.2, 0) is 17.6 Å². The van der Waals surface area contributed by atoms with Crippen molar-refractivity contribution < 1.29 is 9.32 Å². The predicted molar refractivity (Wildman–Crippen MR) is 86.1 cm³/mol. The van der Waals surface area contributed by atoms with Crippen molar-refractivity contribution in [3.05, 3.63) is 53.7 Å². The van der Waals surface area contributed by atoms with Crippen LogP contribution in [0.4, 0.5) is 0 Å². The second kappa shape index (κ2) is 5.12. The Hall–Kier alpha value is -2.76. The van der Waals surface area contributed by atoms with E-state index in [-0.39, 0.29) is 24.4 Å². The monoisotopic (exact) mass is 320 g/mol. The highest BCUT2D eigenvalue weighted by Gasteiger charge is 2.43. The third kappa shape index (κ3) is 1.95. The number of hydrogen-bond donors (Lipinski definition) is 0. The van der Waals surface area contributed by atoms with Gasteiger partial charge in [0.2, 0.25) is 5.91 Å². The first-order valence-corrected chi connectivity index (χ1v) is 8.24. The van der Waals surface area contributed by atoms with Crippen molar-refractivity contribution in [2.45, 2.75) is 37.8 Å². The molecule has 0 saturated carbocycles. The van der Waals surface area contributed by atoms with Crippen LogP contribution in [0.1, 0.15) is 35.8 Å². The molecule has 2 aromatic heterocycles. The molecule has 1 saturated heterocycles. The van der Waals surface area contributed by atoms with Crippen molar-refractivity contribution in [2.24, 2.45) is 0 Å². The average molecular weight is 320 g/mol. The number of benzene rings is 1. The van der Waals surface area contributed by atoms with Crippen LogP contribution >= 0.6 is 0 Å². The second-order valence-electron chi connectivity index (χ2n) is 6.48. The number of carbonyl (C=O) groups excluding carboxylic acids is 1. The summed E-state index contributed by atoms with van der Waals surface area (Å²) < 4.78 is 5.32. The molecular weight excluding hydrogens is 304 g/mol. The Morgan fingerprint density at radius 3 is 3.17 bits per heavy atom. The Balaban J connectivity index is 1.46. The van der Waals surface area contributed by atoms with Gasteiger partial charge in [0.1, 0.15) is 12.0 Å². The Morgan fingerprint density at radius 1 is 1.29 bits per heavy atom. The zero-order valence-corrected chi connectivity index (χ0v) is 13.1. The van der Waals surface area contributed by atoms with Gasteiger partial charge in [-0.15, -0.1) is 0 Å². The van der Waals surface area contributed by atoms with Crippen LogP contribution in [0.3, 0.4) is 0 Å². The molecule has 0 N–H and O–H groups in total. The summed E-state index contributed by atoms with van der Waals surface area (Å²) in [7, 11) is 0. The molecule has 6 heteroatoms. The van der Waals surface area contributed by atoms with Crippen molar-refractivity contribution in [3.8, 4) is 0 Å². The third-order valence-corrected chi connectivity index (χ3v) is 5.18. The molecule has 24 heavy (non-hydrogen) atoms. The quantitative estimate of drug-likeness (QED) is 0.725. The summed E-state index contributed by atoms with van der Waals surface area (Å²) in [4.78, 5) is 23.5. The lowest BCUT2D eigenvalue weighted by Gasteiger charge is -2.35. The summed E-state index contributed by atoms with van der Waals surface area (Å²) in [5.74, 6) is 0.107. The Kier molecular flexibility index (Phi) is 2.92. The van der Waals surface area contributed by atoms with Crippen LogP contribution in [0.5, 0.6) is 0 Å². The molecule has 5 rings (SSSR count). The van der Waals surface area contributed by atoms with Crippen LogP contribution < -0.4 is 0 Å². The summed E-state index contributed by atoms with van der Waals surface area (Å²) >= 11 is 0. The molecule has 4 heterocycles. The second-order valence-corrected chi connectivity index (χ2v) is 6.48. The van der Waals surface area contributed by atoms with Gasteiger partial charge >= 0.3 is 0 Å². The van der Waals surface area contributed by atoms with E-state index < -0.39 is 0 Å². The summed E-state index contributed by atoms with van der Waals surface area (Å²) in [5.41, 5.74) is 3.63. The van der Waals surface area contributed by atoms with Gasteiger partial charge in [0.15, 0.2) is 5.58 Å². The van der Waals surface area contributed by atoms with E-state index in [1.807, 2.05) is 35.4 Å². The number of para-hydroxylation sites is 1. The fourth-order valence-electron chi connectivity index (χ4n) is 4.10. The van der Waals surface area contributed by atoms with E-state index in [4.69, 9.17) is 4.52 Å². The lowest BCUT2D eigenvalue weighted by atomic mass is 9.98. The van der Waals surface area contributed by atoms with E-state index in [2.05, 4.69) is 15.1 Å². The maximum atomic E-state index is 13.0. The zero-order valence-electron chi connectivity index (χ0n) is 13.1. The van der Waals surface area contributed by atoms with E-state index in [9.17, 15) is 4.79 Å². The minimum atomic E-state index is 0.102. The molecule has 1 amide bonds. The molecule has 1 fully saturated rings. The number of rotatable bonds is 2. The molecule has 2 aliphatic heterocycles. The standard InChI is InChI=1S/C18H16N4O2/c23-18(8-15-12-3-1-2-4-17(12)24-21-15)22-11-5-6-16(22)13-9-19-10-20-14(13)7-11/h1-4,9-11,16H,5-8H2/t11-,16-/m0/s1. The molecule has 0 aliphatic carbocycles. The van der Waals surface area contributed by atoms with Gasteiger partial charge in [0.25, 0.3) is 0 Å². The fourth-order valence-corrected chi connectivity index (χ4v) is 4.10. The molecule has 0 radical (unpaired) electrons. The van der Waals surface area contributed by atoms with Gasteiger partial charge in [0, 0.05) is 29.6 Å². The van der Waals surface area contributed by atoms with Gasteiger partial charge in [-0.25, -0.2) is 9.97 Å². The van der Waals surface area contributed by atoms with Crippen molar-refractivity contribution >= 4 is 16.9 Å². The summed E-state index contributed by atoms with van der Waals surface area (Å²) in [6, 6.07) is 8.00. The van der Waals surface area contributed by atoms with Crippen molar-refractivity contribution in [3.63, 3.8) is 0 Å². The highest BCUT2D eigenvalue weighted by molar-refractivity contribution is 5.87. The molecule has 2 aliphatic rings. The van der Waals surface area contributed by atoms with E-state index in [1.165, 1.54) is 0 Å². The van der Waals surface area contributed by atoms with E-state index in [1.54, 1.807) is 6.33 Å². The normalized spacial score (nSPS) is 21.9. The van der Waals surface area contributed by atoms with Crippen LogP contribution in [0.15, 0.2) is 41.3 Å². The fraction of sp³-hybridized carbons (Fsp3) is 0.333. The highest BCUT2D eigenvalue weighted by Crippen LogP contribution is 2.43. The van der Waals surface area contributed by atoms with E-state index in [0.29, 0.717) is 5.69 Å². The molecule has 6 nitrogen and oxygen atoms in total. The molecule has 120 valence electrons. The Bertz CT molecular complexity index is 935. The van der Waals surface area contributed by atoms with Gasteiger partial charge in [-0.05, 0) is 25.0 Å². The lowest BCUT2D eigenvalue weighted by Crippen LogP contribution is -2.43. The van der Waals surface area contributed by atoms with Gasteiger partial charge in [-0.1, -0.05) is 17.3 Å². The number of nitrogens with zero attached hydrogens (tertiary/aromatic N) is 4. The first-order chi connectivity index (χ1) is 11.8. The smallest absolute Gasteiger partial charge is 0.229 e. The van der Waals surface area contributed by atoms with Gasteiger partial charge < -0.3 is 9.42 Å². The lowest BCUT2D eigenvalue weighted by molar-refractivity contribution is -0.134. The summed E-state index contributed by atoms with van der Waals surface area (Å²) in [6.07, 6.45) is 6.55. The minimum Gasteiger partial charge on any atom is -0.356 e. The molecule has 0 unspecified atom stereocenters. The zero-order chi connectivity index (χ0) is 16.1. The van der Waals surface area contributed by atoms with Gasteiger partial charge in [-0.2, -0.15) is 0 Å².